The Balaban J connectivity index is 1.92. The molecule has 0 fully saturated rings. The van der Waals surface area contributed by atoms with Crippen molar-refractivity contribution < 1.29 is 29.1 Å². The van der Waals surface area contributed by atoms with E-state index in [1.807, 2.05) is 26.0 Å². The summed E-state index contributed by atoms with van der Waals surface area (Å²) in [5, 5.41) is 34.2. The van der Waals surface area contributed by atoms with Crippen molar-refractivity contribution in [1.82, 2.24) is 10.6 Å². The van der Waals surface area contributed by atoms with Crippen molar-refractivity contribution in [2.24, 2.45) is 5.92 Å². The first-order valence-corrected chi connectivity index (χ1v) is 14.7. The van der Waals surface area contributed by atoms with E-state index in [-0.39, 0.29) is 39.9 Å². The van der Waals surface area contributed by atoms with Gasteiger partial charge in [-0.15, -0.1) is 0 Å². The number of rotatable bonds is 13. The Bertz CT molecular complexity index is 1580. The van der Waals surface area contributed by atoms with Gasteiger partial charge in [0.1, 0.15) is 23.9 Å². The maximum Gasteiger partial charge on any atom is 0.635 e. The minimum absolute atomic E-state index is 0.00338. The second-order valence-electron chi connectivity index (χ2n) is 10.5. The summed E-state index contributed by atoms with van der Waals surface area (Å²) < 4.78 is 5.14. The number of amides is 3. The molecule has 0 aliphatic rings. The Morgan fingerprint density at radius 2 is 1.67 bits per heavy atom. The van der Waals surface area contributed by atoms with Crippen molar-refractivity contribution in [3.05, 3.63) is 111 Å². The Morgan fingerprint density at radius 1 is 0.978 bits per heavy atom. The average Bonchev–Trinajstić information content (AvgIpc) is 3.00. The van der Waals surface area contributed by atoms with Gasteiger partial charge in [-0.1, -0.05) is 85.6 Å². The summed E-state index contributed by atoms with van der Waals surface area (Å²) >= 11 is 12.3. The third-order valence-corrected chi connectivity index (χ3v) is 7.11. The van der Waals surface area contributed by atoms with E-state index in [1.54, 1.807) is 54.6 Å². The van der Waals surface area contributed by atoms with Crippen LogP contribution in [0.1, 0.15) is 35.3 Å². The minimum Gasteiger partial charge on any atom is -0.402 e. The molecule has 13 heteroatoms. The SMILES string of the molecule is CC(C)C=C(C#N)C(=O)N(C)c1cccc(C[C@H](NC(=O)c2cc(Cl)ccc2Cl)C(=O)N[C@@H](Cc2ccccc2)OB(O)O)c1. The standard InChI is InChI=1S/C32H33BCl2N4O6/c1-20(2)14-23(19-36)32(42)39(3)25-11-7-10-22(15-25)16-28(37-30(40)26-18-24(34)12-13-27(26)35)31(41)38-29(45-33(43)44)17-21-8-5-4-6-9-21/h4-15,18,20,28-29,43-44H,16-17H2,1-3H3,(H,37,40)(H,38,41)/t28-,29+/m0/s1. The molecule has 4 N–H and O–H groups in total. The molecular formula is C32H33BCl2N4O6. The normalized spacial score (nSPS) is 12.6. The highest BCUT2D eigenvalue weighted by atomic mass is 35.5. The van der Waals surface area contributed by atoms with Crippen LogP contribution in [-0.2, 0) is 27.1 Å². The van der Waals surface area contributed by atoms with Crippen LogP contribution in [0.5, 0.6) is 0 Å². The zero-order chi connectivity index (χ0) is 33.1. The third-order valence-electron chi connectivity index (χ3n) is 6.54. The molecule has 0 saturated carbocycles. The molecule has 3 aromatic carbocycles. The molecule has 45 heavy (non-hydrogen) atoms. The van der Waals surface area contributed by atoms with E-state index < -0.39 is 37.3 Å². The number of likely N-dealkylation sites (N-methyl/N-ethyl adjacent to an activating group) is 1. The smallest absolute Gasteiger partial charge is 0.402 e. The highest BCUT2D eigenvalue weighted by molar-refractivity contribution is 6.35. The summed E-state index contributed by atoms with van der Waals surface area (Å²) in [6, 6.07) is 20.8. The van der Waals surface area contributed by atoms with Crippen molar-refractivity contribution in [2.45, 2.75) is 39.0 Å². The first-order chi connectivity index (χ1) is 21.4. The van der Waals surface area contributed by atoms with Crippen LogP contribution in [0.3, 0.4) is 0 Å². The molecule has 3 rings (SSSR count). The van der Waals surface area contributed by atoms with Crippen molar-refractivity contribution in [3.8, 4) is 6.07 Å². The number of nitrogens with zero attached hydrogens (tertiary/aromatic N) is 2. The highest BCUT2D eigenvalue weighted by Gasteiger charge is 2.28. The van der Waals surface area contributed by atoms with Gasteiger partial charge in [0.15, 0.2) is 0 Å². The van der Waals surface area contributed by atoms with Crippen LogP contribution in [0.15, 0.2) is 84.4 Å². The molecule has 0 radical (unpaired) electrons. The summed E-state index contributed by atoms with van der Waals surface area (Å²) in [6.07, 6.45) is 0.467. The molecule has 0 aromatic heterocycles. The first-order valence-electron chi connectivity index (χ1n) is 14.0. The van der Waals surface area contributed by atoms with Crippen LogP contribution in [0.2, 0.25) is 10.0 Å². The number of hydrogen-bond donors (Lipinski definition) is 4. The molecule has 0 heterocycles. The Morgan fingerprint density at radius 3 is 2.31 bits per heavy atom. The number of hydrogen-bond acceptors (Lipinski definition) is 7. The summed E-state index contributed by atoms with van der Waals surface area (Å²) in [7, 11) is -0.642. The Kier molecular flexibility index (Phi) is 13.2. The molecule has 0 bridgehead atoms. The number of carbonyl (C=O) groups is 3. The van der Waals surface area contributed by atoms with Crippen LogP contribution < -0.4 is 15.5 Å². The number of allylic oxidation sites excluding steroid dienone is 1. The lowest BCUT2D eigenvalue weighted by Crippen LogP contribution is -2.52. The largest absolute Gasteiger partial charge is 0.635 e. The number of halogens is 2. The lowest BCUT2D eigenvalue weighted by molar-refractivity contribution is -0.126. The Hall–Kier alpha value is -4.18. The average molecular weight is 651 g/mol. The summed E-state index contributed by atoms with van der Waals surface area (Å²) in [5.74, 6) is -1.87. The fraction of sp³-hybridized carbons (Fsp3) is 0.250. The molecule has 0 unspecified atom stereocenters. The van der Waals surface area contributed by atoms with Gasteiger partial charge in [-0.25, -0.2) is 0 Å². The van der Waals surface area contributed by atoms with Crippen molar-refractivity contribution in [1.29, 1.82) is 5.26 Å². The molecule has 234 valence electrons. The quantitative estimate of drug-likeness (QED) is 0.0942. The monoisotopic (exact) mass is 650 g/mol. The van der Waals surface area contributed by atoms with E-state index in [2.05, 4.69) is 10.6 Å². The molecule has 0 spiro atoms. The topological polar surface area (TPSA) is 152 Å². The van der Waals surface area contributed by atoms with Crippen molar-refractivity contribution in [3.63, 3.8) is 0 Å². The maximum absolute atomic E-state index is 13.7. The van der Waals surface area contributed by atoms with Gasteiger partial charge in [0.25, 0.3) is 11.8 Å². The van der Waals surface area contributed by atoms with Gasteiger partial charge in [-0.3, -0.25) is 14.4 Å². The summed E-state index contributed by atoms with van der Waals surface area (Å²) in [5.41, 5.74) is 1.82. The Labute approximate surface area is 272 Å². The molecule has 0 aliphatic heterocycles. The van der Waals surface area contributed by atoms with Crippen molar-refractivity contribution in [2.75, 3.05) is 11.9 Å². The van der Waals surface area contributed by atoms with E-state index in [1.165, 1.54) is 30.1 Å². The predicted molar refractivity (Wildman–Crippen MR) is 173 cm³/mol. The van der Waals surface area contributed by atoms with E-state index in [4.69, 9.17) is 27.9 Å². The molecular weight excluding hydrogens is 618 g/mol. The van der Waals surface area contributed by atoms with Crippen LogP contribution in [0.25, 0.3) is 0 Å². The molecule has 3 aromatic rings. The van der Waals surface area contributed by atoms with Crippen molar-refractivity contribution >= 4 is 53.9 Å². The molecule has 3 amide bonds. The number of carbonyl (C=O) groups excluding carboxylic acids is 3. The van der Waals surface area contributed by atoms with Gasteiger partial charge in [-0.2, -0.15) is 5.26 Å². The second kappa shape index (κ2) is 16.8. The zero-order valence-electron chi connectivity index (χ0n) is 24.9. The van der Waals surface area contributed by atoms with E-state index in [0.717, 1.165) is 5.56 Å². The van der Waals surface area contributed by atoms with Gasteiger partial charge in [0, 0.05) is 30.6 Å². The third kappa shape index (κ3) is 10.7. The molecule has 0 saturated heterocycles. The molecule has 0 aliphatic carbocycles. The van der Waals surface area contributed by atoms with Gasteiger partial charge in [0.05, 0.1) is 10.6 Å². The van der Waals surface area contributed by atoms with Crippen LogP contribution in [0.4, 0.5) is 5.69 Å². The van der Waals surface area contributed by atoms with Gasteiger partial charge in [0.2, 0.25) is 5.91 Å². The van der Waals surface area contributed by atoms with E-state index in [9.17, 15) is 29.7 Å². The van der Waals surface area contributed by atoms with E-state index >= 15 is 0 Å². The molecule has 10 nitrogen and oxygen atoms in total. The fourth-order valence-corrected chi connectivity index (χ4v) is 4.78. The van der Waals surface area contributed by atoms with Crippen LogP contribution in [0, 0.1) is 17.2 Å². The zero-order valence-corrected chi connectivity index (χ0v) is 26.4. The first kappa shape index (κ1) is 35.3. The number of nitriles is 1. The number of benzene rings is 3. The minimum atomic E-state index is -2.18. The fourth-order valence-electron chi connectivity index (χ4n) is 4.40. The second-order valence-corrected chi connectivity index (χ2v) is 11.3. The lowest BCUT2D eigenvalue weighted by atomic mass is 10.0. The van der Waals surface area contributed by atoms with Crippen LogP contribution in [-0.4, -0.2) is 54.4 Å². The maximum atomic E-state index is 13.7. The lowest BCUT2D eigenvalue weighted by Gasteiger charge is -2.25. The number of anilines is 1. The summed E-state index contributed by atoms with van der Waals surface area (Å²) in [6.45, 7) is 3.72. The highest BCUT2D eigenvalue weighted by Crippen LogP contribution is 2.22. The van der Waals surface area contributed by atoms with Gasteiger partial charge >= 0.3 is 7.32 Å². The number of nitrogens with one attached hydrogen (secondary N) is 2. The van der Waals surface area contributed by atoms with Gasteiger partial charge < -0.3 is 30.2 Å². The van der Waals surface area contributed by atoms with E-state index in [0.29, 0.717) is 11.3 Å². The van der Waals surface area contributed by atoms with Crippen LogP contribution >= 0.6 is 23.2 Å². The molecule has 2 atom stereocenters. The van der Waals surface area contributed by atoms with Gasteiger partial charge in [-0.05, 0) is 47.4 Å². The predicted octanol–water partition coefficient (Wildman–Crippen LogP) is 4.07. The summed E-state index contributed by atoms with van der Waals surface area (Å²) in [4.78, 5) is 41.3.